The monoisotopic (exact) mass is 299 g/mol. The summed E-state index contributed by atoms with van der Waals surface area (Å²) in [6.45, 7) is 0.922. The third-order valence-corrected chi connectivity index (χ3v) is 4.73. The van der Waals surface area contributed by atoms with E-state index in [1.54, 1.807) is 0 Å². The summed E-state index contributed by atoms with van der Waals surface area (Å²) in [5.41, 5.74) is 2.78. The smallest absolute Gasteiger partial charge is 0.0406 e. The lowest BCUT2D eigenvalue weighted by molar-refractivity contribution is 0.326. The van der Waals surface area contributed by atoms with Gasteiger partial charge in [0.25, 0.3) is 0 Å². The van der Waals surface area contributed by atoms with E-state index in [9.17, 15) is 0 Å². The molecule has 1 aliphatic rings. The molecule has 2 aromatic carbocycles. The van der Waals surface area contributed by atoms with Gasteiger partial charge in [-0.3, -0.25) is 0 Å². The summed E-state index contributed by atoms with van der Waals surface area (Å²) in [6, 6.07) is 19.7. The summed E-state index contributed by atoms with van der Waals surface area (Å²) in [6.07, 6.45) is 5.25. The van der Waals surface area contributed by atoms with Gasteiger partial charge < -0.3 is 5.32 Å². The zero-order chi connectivity index (χ0) is 14.5. The zero-order valence-electron chi connectivity index (χ0n) is 12.3. The van der Waals surface area contributed by atoms with Crippen molar-refractivity contribution in [2.75, 3.05) is 0 Å². The molecule has 0 heterocycles. The molecule has 0 saturated heterocycles. The van der Waals surface area contributed by atoms with Crippen LogP contribution in [0.4, 0.5) is 0 Å². The molecule has 0 spiro atoms. The molecule has 2 heteroatoms. The van der Waals surface area contributed by atoms with E-state index in [0.29, 0.717) is 12.0 Å². The molecule has 3 rings (SSSR count). The number of nitrogens with one attached hydrogen (secondary N) is 1. The quantitative estimate of drug-likeness (QED) is 0.822. The van der Waals surface area contributed by atoms with Gasteiger partial charge in [-0.1, -0.05) is 66.9 Å². The lowest BCUT2D eigenvalue weighted by atomic mass is 9.80. The van der Waals surface area contributed by atoms with Gasteiger partial charge in [-0.15, -0.1) is 0 Å². The third kappa shape index (κ3) is 3.87. The molecular weight excluding hydrogens is 278 g/mol. The van der Waals surface area contributed by atoms with Crippen molar-refractivity contribution < 1.29 is 0 Å². The van der Waals surface area contributed by atoms with Crippen LogP contribution < -0.4 is 5.32 Å². The van der Waals surface area contributed by atoms with Crippen LogP contribution in [-0.4, -0.2) is 6.04 Å². The highest BCUT2D eigenvalue weighted by Gasteiger charge is 2.25. The first-order chi connectivity index (χ1) is 10.3. The van der Waals surface area contributed by atoms with E-state index in [4.69, 9.17) is 11.6 Å². The van der Waals surface area contributed by atoms with Gasteiger partial charge in [-0.2, -0.15) is 0 Å². The summed E-state index contributed by atoms with van der Waals surface area (Å²) in [5.74, 6) is 0.646. The normalized spacial score (nSPS) is 22.1. The van der Waals surface area contributed by atoms with Crippen LogP contribution in [0, 0.1) is 0 Å². The summed E-state index contributed by atoms with van der Waals surface area (Å²) >= 11 is 5.94. The predicted molar refractivity (Wildman–Crippen MR) is 89.7 cm³/mol. The maximum atomic E-state index is 5.94. The fraction of sp³-hybridized carbons (Fsp3) is 0.368. The van der Waals surface area contributed by atoms with Crippen molar-refractivity contribution in [2.24, 2.45) is 0 Å². The highest BCUT2D eigenvalue weighted by Crippen LogP contribution is 2.33. The van der Waals surface area contributed by atoms with Gasteiger partial charge in [0.1, 0.15) is 0 Å². The van der Waals surface area contributed by atoms with Crippen molar-refractivity contribution in [1.29, 1.82) is 0 Å². The Morgan fingerprint density at radius 2 is 1.62 bits per heavy atom. The molecule has 110 valence electrons. The Bertz CT molecular complexity index is 550. The van der Waals surface area contributed by atoms with Crippen molar-refractivity contribution >= 4 is 11.6 Å². The first kappa shape index (κ1) is 14.6. The number of rotatable bonds is 4. The molecule has 0 aromatic heterocycles. The molecule has 1 aliphatic carbocycles. The van der Waals surface area contributed by atoms with Crippen molar-refractivity contribution in [3.63, 3.8) is 0 Å². The first-order valence-electron chi connectivity index (χ1n) is 7.86. The molecule has 2 unspecified atom stereocenters. The highest BCUT2D eigenvalue weighted by atomic mass is 35.5. The molecule has 0 amide bonds. The minimum Gasteiger partial charge on any atom is -0.309 e. The third-order valence-electron chi connectivity index (χ3n) is 4.48. The van der Waals surface area contributed by atoms with Gasteiger partial charge in [0.05, 0.1) is 0 Å². The van der Waals surface area contributed by atoms with Crippen LogP contribution in [0.3, 0.4) is 0 Å². The van der Waals surface area contributed by atoms with Crippen LogP contribution in [0.15, 0.2) is 54.6 Å². The summed E-state index contributed by atoms with van der Waals surface area (Å²) in [4.78, 5) is 0. The number of benzene rings is 2. The van der Waals surface area contributed by atoms with E-state index >= 15 is 0 Å². The Hall–Kier alpha value is -1.31. The van der Waals surface area contributed by atoms with E-state index in [-0.39, 0.29) is 0 Å². The number of halogens is 1. The highest BCUT2D eigenvalue weighted by molar-refractivity contribution is 6.30. The Kier molecular flexibility index (Phi) is 4.95. The largest absolute Gasteiger partial charge is 0.309 e. The van der Waals surface area contributed by atoms with Gasteiger partial charge in [-0.25, -0.2) is 0 Å². The Morgan fingerprint density at radius 1 is 0.905 bits per heavy atom. The van der Waals surface area contributed by atoms with Crippen molar-refractivity contribution in [1.82, 2.24) is 5.32 Å². The number of hydrogen-bond donors (Lipinski definition) is 1. The molecule has 1 saturated carbocycles. The maximum absolute atomic E-state index is 5.94. The molecule has 0 bridgehead atoms. The van der Waals surface area contributed by atoms with E-state index in [1.165, 1.54) is 36.8 Å². The van der Waals surface area contributed by atoms with Crippen LogP contribution in [0.1, 0.15) is 42.7 Å². The van der Waals surface area contributed by atoms with Crippen molar-refractivity contribution in [3.05, 3.63) is 70.7 Å². The maximum Gasteiger partial charge on any atom is 0.0406 e. The minimum absolute atomic E-state index is 0.580. The molecule has 1 nitrogen and oxygen atoms in total. The van der Waals surface area contributed by atoms with E-state index in [0.717, 1.165) is 11.6 Å². The lowest BCUT2D eigenvalue weighted by Crippen LogP contribution is -2.36. The van der Waals surface area contributed by atoms with Crippen LogP contribution >= 0.6 is 11.6 Å². The van der Waals surface area contributed by atoms with Gasteiger partial charge in [0.15, 0.2) is 0 Å². The van der Waals surface area contributed by atoms with Crippen LogP contribution in [0.25, 0.3) is 0 Å². The average Bonchev–Trinajstić information content (AvgIpc) is 2.55. The van der Waals surface area contributed by atoms with Crippen LogP contribution in [-0.2, 0) is 6.54 Å². The molecule has 0 aliphatic heterocycles. The summed E-state index contributed by atoms with van der Waals surface area (Å²) in [5, 5.41) is 4.57. The van der Waals surface area contributed by atoms with Gasteiger partial charge in [0.2, 0.25) is 0 Å². The Morgan fingerprint density at radius 3 is 2.38 bits per heavy atom. The second kappa shape index (κ2) is 7.11. The van der Waals surface area contributed by atoms with Crippen LogP contribution in [0.5, 0.6) is 0 Å². The second-order valence-corrected chi connectivity index (χ2v) is 6.35. The standard InChI is InChI=1S/C19H22ClN/c20-17-12-10-15(11-13-17)14-21-19-9-5-4-8-18(19)16-6-2-1-3-7-16/h1-3,6-7,10-13,18-19,21H,4-5,8-9,14H2. The zero-order valence-corrected chi connectivity index (χ0v) is 13.0. The van der Waals surface area contributed by atoms with E-state index in [1.807, 2.05) is 12.1 Å². The molecule has 1 fully saturated rings. The molecule has 0 radical (unpaired) electrons. The molecule has 2 atom stereocenters. The van der Waals surface area contributed by atoms with Gasteiger partial charge in [-0.05, 0) is 42.0 Å². The van der Waals surface area contributed by atoms with Gasteiger partial charge >= 0.3 is 0 Å². The van der Waals surface area contributed by atoms with Crippen molar-refractivity contribution in [2.45, 2.75) is 44.2 Å². The molecule has 1 N–H and O–H groups in total. The first-order valence-corrected chi connectivity index (χ1v) is 8.23. The summed E-state index contributed by atoms with van der Waals surface area (Å²) in [7, 11) is 0. The fourth-order valence-corrected chi connectivity index (χ4v) is 3.45. The lowest BCUT2D eigenvalue weighted by Gasteiger charge is -2.33. The SMILES string of the molecule is Clc1ccc(CNC2CCCCC2c2ccccc2)cc1. The Balaban J connectivity index is 1.66. The Labute approximate surface area is 132 Å². The van der Waals surface area contributed by atoms with E-state index < -0.39 is 0 Å². The predicted octanol–water partition coefficient (Wildman–Crippen LogP) is 5.16. The van der Waals surface area contributed by atoms with Crippen LogP contribution in [0.2, 0.25) is 5.02 Å². The minimum atomic E-state index is 0.580. The molecular formula is C19H22ClN. The average molecular weight is 300 g/mol. The topological polar surface area (TPSA) is 12.0 Å². The van der Waals surface area contributed by atoms with Gasteiger partial charge in [0, 0.05) is 17.6 Å². The van der Waals surface area contributed by atoms with E-state index in [2.05, 4.69) is 47.8 Å². The number of hydrogen-bond acceptors (Lipinski definition) is 1. The summed E-state index contributed by atoms with van der Waals surface area (Å²) < 4.78 is 0. The van der Waals surface area contributed by atoms with Crippen molar-refractivity contribution in [3.8, 4) is 0 Å². The fourth-order valence-electron chi connectivity index (χ4n) is 3.33. The molecule has 2 aromatic rings. The molecule has 21 heavy (non-hydrogen) atoms. The second-order valence-electron chi connectivity index (χ2n) is 5.92.